The summed E-state index contributed by atoms with van der Waals surface area (Å²) in [6, 6.07) is 5.46. The highest BCUT2D eigenvalue weighted by molar-refractivity contribution is 7.98. The number of thioether (sulfide) groups is 1. The van der Waals surface area contributed by atoms with E-state index in [0.29, 0.717) is 10.9 Å². The molecule has 4 nitrogen and oxygen atoms in total. The quantitative estimate of drug-likeness (QED) is 0.738. The van der Waals surface area contributed by atoms with Gasteiger partial charge in [-0.1, -0.05) is 11.6 Å². The number of anilines is 1. The van der Waals surface area contributed by atoms with Crippen molar-refractivity contribution in [3.8, 4) is 0 Å². The van der Waals surface area contributed by atoms with Gasteiger partial charge in [0.1, 0.15) is 0 Å². The summed E-state index contributed by atoms with van der Waals surface area (Å²) in [6.07, 6.45) is 5.74. The lowest BCUT2D eigenvalue weighted by Gasteiger charge is -2.28. The van der Waals surface area contributed by atoms with Gasteiger partial charge in [-0.2, -0.15) is 0 Å². The minimum Gasteiger partial charge on any atom is -0.396 e. The van der Waals surface area contributed by atoms with Crippen molar-refractivity contribution in [2.45, 2.75) is 36.6 Å². The number of benzene rings is 1. The van der Waals surface area contributed by atoms with E-state index in [2.05, 4.69) is 10.6 Å². The predicted octanol–water partition coefficient (Wildman–Crippen LogP) is 3.73. The number of urea groups is 1. The first-order valence-corrected chi connectivity index (χ1v) is 8.74. The van der Waals surface area contributed by atoms with Crippen LogP contribution in [0.5, 0.6) is 0 Å². The minimum absolute atomic E-state index is 0.185. The minimum atomic E-state index is -0.194. The summed E-state index contributed by atoms with van der Waals surface area (Å²) in [6.45, 7) is 0.249. The van der Waals surface area contributed by atoms with Crippen LogP contribution in [0, 0.1) is 5.92 Å². The van der Waals surface area contributed by atoms with Crippen molar-refractivity contribution in [3.63, 3.8) is 0 Å². The smallest absolute Gasteiger partial charge is 0.319 e. The zero-order valence-corrected chi connectivity index (χ0v) is 13.6. The molecule has 1 aromatic carbocycles. The van der Waals surface area contributed by atoms with Crippen molar-refractivity contribution in [2.24, 2.45) is 5.92 Å². The van der Waals surface area contributed by atoms with Crippen molar-refractivity contribution in [1.82, 2.24) is 5.32 Å². The lowest BCUT2D eigenvalue weighted by Crippen LogP contribution is -2.40. The molecule has 0 radical (unpaired) electrons. The van der Waals surface area contributed by atoms with E-state index in [9.17, 15) is 4.79 Å². The van der Waals surface area contributed by atoms with Crippen LogP contribution in [-0.2, 0) is 0 Å². The second-order valence-corrected chi connectivity index (χ2v) is 6.63. The van der Waals surface area contributed by atoms with Crippen LogP contribution in [0.1, 0.15) is 25.7 Å². The highest BCUT2D eigenvalue weighted by atomic mass is 35.5. The first-order chi connectivity index (χ1) is 10.1. The molecule has 0 bridgehead atoms. The van der Waals surface area contributed by atoms with E-state index in [4.69, 9.17) is 16.7 Å². The van der Waals surface area contributed by atoms with Crippen molar-refractivity contribution in [3.05, 3.63) is 23.2 Å². The molecular formula is C15H21ClN2O2S. The van der Waals surface area contributed by atoms with Crippen LogP contribution in [0.4, 0.5) is 10.5 Å². The molecule has 116 valence electrons. The van der Waals surface area contributed by atoms with E-state index in [0.717, 1.165) is 36.3 Å². The maximum atomic E-state index is 12.1. The van der Waals surface area contributed by atoms with Gasteiger partial charge in [0.05, 0.1) is 5.69 Å². The molecule has 1 aliphatic carbocycles. The fraction of sp³-hybridized carbons (Fsp3) is 0.533. The summed E-state index contributed by atoms with van der Waals surface area (Å²) in [4.78, 5) is 13.1. The third-order valence-corrected chi connectivity index (χ3v) is 4.88. The summed E-state index contributed by atoms with van der Waals surface area (Å²) in [5.41, 5.74) is 0.733. The largest absolute Gasteiger partial charge is 0.396 e. The van der Waals surface area contributed by atoms with Gasteiger partial charge < -0.3 is 15.7 Å². The number of aliphatic hydroxyl groups excluding tert-OH is 1. The summed E-state index contributed by atoms with van der Waals surface area (Å²) in [5.74, 6) is 0.391. The molecule has 21 heavy (non-hydrogen) atoms. The van der Waals surface area contributed by atoms with Gasteiger partial charge in [0.2, 0.25) is 0 Å². The molecule has 3 N–H and O–H groups in total. The second kappa shape index (κ2) is 7.92. The van der Waals surface area contributed by atoms with Gasteiger partial charge >= 0.3 is 6.03 Å². The van der Waals surface area contributed by atoms with Gasteiger partial charge in [-0.25, -0.2) is 4.79 Å². The summed E-state index contributed by atoms with van der Waals surface area (Å²) < 4.78 is 0. The molecule has 1 aromatic rings. The molecule has 0 saturated heterocycles. The van der Waals surface area contributed by atoms with Crippen molar-refractivity contribution >= 4 is 35.1 Å². The molecule has 2 rings (SSSR count). The fourth-order valence-electron chi connectivity index (χ4n) is 2.61. The third-order valence-electron chi connectivity index (χ3n) is 3.85. The van der Waals surface area contributed by atoms with Crippen LogP contribution >= 0.6 is 23.4 Å². The summed E-state index contributed by atoms with van der Waals surface area (Å²) >= 11 is 7.54. The zero-order chi connectivity index (χ0) is 15.2. The molecule has 1 fully saturated rings. The van der Waals surface area contributed by atoms with E-state index < -0.39 is 0 Å². The van der Waals surface area contributed by atoms with Crippen molar-refractivity contribution in [1.29, 1.82) is 0 Å². The van der Waals surface area contributed by atoms with Crippen LogP contribution in [0.2, 0.25) is 5.02 Å². The van der Waals surface area contributed by atoms with Gasteiger partial charge in [0.15, 0.2) is 0 Å². The third kappa shape index (κ3) is 4.80. The molecule has 2 amide bonds. The maximum absolute atomic E-state index is 12.1. The first kappa shape index (κ1) is 16.5. The van der Waals surface area contributed by atoms with Crippen molar-refractivity contribution < 1.29 is 9.90 Å². The molecule has 1 saturated carbocycles. The van der Waals surface area contributed by atoms with E-state index in [-0.39, 0.29) is 18.7 Å². The topological polar surface area (TPSA) is 61.4 Å². The Labute approximate surface area is 134 Å². The van der Waals surface area contributed by atoms with Crippen LogP contribution in [0.15, 0.2) is 23.1 Å². The Morgan fingerprint density at radius 1 is 1.38 bits per heavy atom. The highest BCUT2D eigenvalue weighted by Crippen LogP contribution is 2.28. The van der Waals surface area contributed by atoms with Crippen LogP contribution in [0.3, 0.4) is 0 Å². The molecule has 1 aliphatic rings. The summed E-state index contributed by atoms with van der Waals surface area (Å²) in [7, 11) is 0. The van der Waals surface area contributed by atoms with E-state index in [1.165, 1.54) is 0 Å². The van der Waals surface area contributed by atoms with Gasteiger partial charge in [-0.05, 0) is 56.1 Å². The van der Waals surface area contributed by atoms with Gasteiger partial charge in [0.25, 0.3) is 0 Å². The standard InChI is InChI=1S/C15H21ClN2O2S/c1-21-14-7-4-11(16)8-13(14)18-15(20)17-12-5-2-10(9-19)3-6-12/h4,7-8,10,12,19H,2-3,5-6,9H2,1H3,(H2,17,18,20). The lowest BCUT2D eigenvalue weighted by molar-refractivity contribution is 0.176. The number of aliphatic hydroxyl groups is 1. The number of carbonyl (C=O) groups is 1. The number of hydrogen-bond acceptors (Lipinski definition) is 3. The number of carbonyl (C=O) groups excluding carboxylic acids is 1. The monoisotopic (exact) mass is 328 g/mol. The molecule has 6 heteroatoms. The average Bonchev–Trinajstić information content (AvgIpc) is 2.48. The van der Waals surface area contributed by atoms with Crippen molar-refractivity contribution in [2.75, 3.05) is 18.2 Å². The highest BCUT2D eigenvalue weighted by Gasteiger charge is 2.22. The number of nitrogens with one attached hydrogen (secondary N) is 2. The molecule has 0 heterocycles. The number of hydrogen-bond donors (Lipinski definition) is 3. The van der Waals surface area contributed by atoms with Gasteiger partial charge in [0, 0.05) is 22.6 Å². The Bertz CT molecular complexity index is 491. The molecule has 0 aromatic heterocycles. The molecular weight excluding hydrogens is 308 g/mol. The maximum Gasteiger partial charge on any atom is 0.319 e. The zero-order valence-electron chi connectivity index (χ0n) is 12.1. The van der Waals surface area contributed by atoms with Crippen LogP contribution < -0.4 is 10.6 Å². The average molecular weight is 329 g/mol. The van der Waals surface area contributed by atoms with Gasteiger partial charge in [-0.3, -0.25) is 0 Å². The SMILES string of the molecule is CSc1ccc(Cl)cc1NC(=O)NC1CCC(CO)CC1. The number of halogens is 1. The molecule has 0 atom stereocenters. The number of amides is 2. The number of rotatable bonds is 4. The fourth-order valence-corrected chi connectivity index (χ4v) is 3.32. The molecule has 0 aliphatic heterocycles. The lowest BCUT2D eigenvalue weighted by atomic mass is 9.87. The predicted molar refractivity (Wildman–Crippen MR) is 88.2 cm³/mol. The van der Waals surface area contributed by atoms with E-state index in [1.54, 1.807) is 17.8 Å². The first-order valence-electron chi connectivity index (χ1n) is 7.14. The van der Waals surface area contributed by atoms with Crippen LogP contribution in [-0.4, -0.2) is 30.0 Å². The molecule has 0 unspecified atom stereocenters. The Balaban J connectivity index is 1.89. The Morgan fingerprint density at radius 2 is 2.10 bits per heavy atom. The van der Waals surface area contributed by atoms with E-state index in [1.807, 2.05) is 18.4 Å². The van der Waals surface area contributed by atoms with Gasteiger partial charge in [-0.15, -0.1) is 11.8 Å². The van der Waals surface area contributed by atoms with Crippen LogP contribution in [0.25, 0.3) is 0 Å². The normalized spacial score (nSPS) is 21.9. The Kier molecular flexibility index (Phi) is 6.21. The Morgan fingerprint density at radius 3 is 2.71 bits per heavy atom. The second-order valence-electron chi connectivity index (χ2n) is 5.34. The molecule has 0 spiro atoms. The Hall–Kier alpha value is -0.910. The van der Waals surface area contributed by atoms with E-state index >= 15 is 0 Å². The summed E-state index contributed by atoms with van der Waals surface area (Å²) in [5, 5.41) is 15.6.